The van der Waals surface area contributed by atoms with Gasteiger partial charge < -0.3 is 18.9 Å². The van der Waals surface area contributed by atoms with Crippen molar-refractivity contribution in [1.82, 2.24) is 0 Å². The molecule has 0 amide bonds. The van der Waals surface area contributed by atoms with Crippen LogP contribution in [0.3, 0.4) is 0 Å². The van der Waals surface area contributed by atoms with Gasteiger partial charge >= 0.3 is 19.8 Å². The van der Waals surface area contributed by atoms with Gasteiger partial charge in [-0.2, -0.15) is 0 Å². The lowest BCUT2D eigenvalue weighted by atomic mass is 10.1. The zero-order chi connectivity index (χ0) is 36.5. The van der Waals surface area contributed by atoms with Crippen molar-refractivity contribution in [3.8, 4) is 0 Å². The average Bonchev–Trinajstić information content (AvgIpc) is 3.04. The van der Waals surface area contributed by atoms with Gasteiger partial charge in [-0.3, -0.25) is 18.6 Å². The molecule has 0 saturated carbocycles. The van der Waals surface area contributed by atoms with Crippen molar-refractivity contribution >= 4 is 19.8 Å². The van der Waals surface area contributed by atoms with E-state index in [0.717, 1.165) is 70.6 Å². The van der Waals surface area contributed by atoms with Gasteiger partial charge in [0, 0.05) is 12.8 Å². The molecule has 1 unspecified atom stereocenters. The minimum Gasteiger partial charge on any atom is -0.462 e. The molecule has 0 fully saturated rings. The number of quaternary nitrogens is 1. The lowest BCUT2D eigenvalue weighted by Gasteiger charge is -2.24. The number of likely N-dealkylation sites (N-methyl/N-ethyl adjacent to an activating group) is 1. The predicted molar refractivity (Wildman–Crippen MR) is 201 cm³/mol. The second kappa shape index (κ2) is 32.4. The number of esters is 2. The molecule has 9 nitrogen and oxygen atoms in total. The number of phosphoric acid groups is 1. The molecule has 0 rings (SSSR count). The van der Waals surface area contributed by atoms with Crippen molar-refractivity contribution in [2.45, 2.75) is 168 Å². The Morgan fingerprint density at radius 2 is 1.04 bits per heavy atom. The van der Waals surface area contributed by atoms with Crippen LogP contribution in [0.2, 0.25) is 0 Å². The van der Waals surface area contributed by atoms with Gasteiger partial charge in [0.2, 0.25) is 0 Å². The monoisotopic (exact) mass is 717 g/mol. The highest BCUT2D eigenvalue weighted by atomic mass is 31.2. The van der Waals surface area contributed by atoms with Crippen molar-refractivity contribution in [2.75, 3.05) is 47.5 Å². The molecule has 288 valence electrons. The van der Waals surface area contributed by atoms with Gasteiger partial charge in [0.05, 0.1) is 27.7 Å². The first-order chi connectivity index (χ1) is 23.5. The SMILES string of the molecule is CCCCC/C=C/CCCCCCCC(=O)OC[C@H](COP(=O)(O)OCC[N+](C)(C)C)OC(=O)CCCCCCC/C=C/CCCCCC. The van der Waals surface area contributed by atoms with E-state index in [4.69, 9.17) is 18.5 Å². The Bertz CT molecular complexity index is 902. The fraction of sp³-hybridized carbons (Fsp3) is 0.846. The van der Waals surface area contributed by atoms with Gasteiger partial charge in [-0.05, 0) is 64.2 Å². The van der Waals surface area contributed by atoms with Crippen LogP contribution < -0.4 is 0 Å². The molecule has 0 spiro atoms. The quantitative estimate of drug-likeness (QED) is 0.0227. The lowest BCUT2D eigenvalue weighted by molar-refractivity contribution is -0.870. The molecule has 10 heteroatoms. The van der Waals surface area contributed by atoms with Crippen LogP contribution in [0.25, 0.3) is 0 Å². The topological polar surface area (TPSA) is 108 Å². The second-order valence-corrected chi connectivity index (χ2v) is 15.8. The third-order valence-electron chi connectivity index (χ3n) is 8.20. The minimum absolute atomic E-state index is 0.0296. The zero-order valence-corrected chi connectivity index (χ0v) is 33.1. The van der Waals surface area contributed by atoms with Gasteiger partial charge in [-0.25, -0.2) is 4.57 Å². The molecule has 0 heterocycles. The maximum atomic E-state index is 12.6. The van der Waals surface area contributed by atoms with E-state index in [9.17, 15) is 19.0 Å². The van der Waals surface area contributed by atoms with Gasteiger partial charge in [0.1, 0.15) is 19.8 Å². The average molecular weight is 717 g/mol. The fourth-order valence-corrected chi connectivity index (χ4v) is 5.80. The van der Waals surface area contributed by atoms with Crippen LogP contribution in [0.5, 0.6) is 0 Å². The third kappa shape index (κ3) is 36.1. The summed E-state index contributed by atoms with van der Waals surface area (Å²) < 4.78 is 34.1. The Morgan fingerprint density at radius 3 is 1.55 bits per heavy atom. The van der Waals surface area contributed by atoms with Gasteiger partial charge in [-0.1, -0.05) is 109 Å². The molecule has 0 radical (unpaired) electrons. The number of rotatable bonds is 35. The summed E-state index contributed by atoms with van der Waals surface area (Å²) in [6, 6.07) is 0. The summed E-state index contributed by atoms with van der Waals surface area (Å²) in [5.74, 6) is -0.820. The Balaban J connectivity index is 4.46. The number of carbonyl (C=O) groups excluding carboxylic acids is 2. The molecule has 0 bridgehead atoms. The highest BCUT2D eigenvalue weighted by Crippen LogP contribution is 2.43. The van der Waals surface area contributed by atoms with Crippen LogP contribution >= 0.6 is 7.82 Å². The molecule has 0 aromatic carbocycles. The van der Waals surface area contributed by atoms with Crippen molar-refractivity contribution in [3.63, 3.8) is 0 Å². The molecular formula is C39H75NO8P+. The Morgan fingerprint density at radius 1 is 0.612 bits per heavy atom. The number of allylic oxidation sites excluding steroid dienone is 4. The van der Waals surface area contributed by atoms with Crippen LogP contribution in [0.15, 0.2) is 24.3 Å². The first-order valence-electron chi connectivity index (χ1n) is 19.6. The highest BCUT2D eigenvalue weighted by Gasteiger charge is 2.27. The summed E-state index contributed by atoms with van der Waals surface area (Å²) in [6.45, 7) is 4.35. The van der Waals surface area contributed by atoms with Crippen molar-refractivity contribution in [3.05, 3.63) is 24.3 Å². The van der Waals surface area contributed by atoms with E-state index in [-0.39, 0.29) is 32.0 Å². The van der Waals surface area contributed by atoms with E-state index >= 15 is 0 Å². The first kappa shape index (κ1) is 47.5. The number of nitrogens with zero attached hydrogens (tertiary/aromatic N) is 1. The number of ether oxygens (including phenoxy) is 2. The van der Waals surface area contributed by atoms with Crippen LogP contribution in [0.1, 0.15) is 162 Å². The number of unbranched alkanes of at least 4 members (excludes halogenated alkanes) is 17. The zero-order valence-electron chi connectivity index (χ0n) is 32.2. The first-order valence-corrected chi connectivity index (χ1v) is 21.1. The highest BCUT2D eigenvalue weighted by molar-refractivity contribution is 7.47. The minimum atomic E-state index is -4.37. The van der Waals surface area contributed by atoms with Gasteiger partial charge in [0.15, 0.2) is 6.10 Å². The van der Waals surface area contributed by atoms with Crippen molar-refractivity contribution in [2.24, 2.45) is 0 Å². The molecule has 0 aliphatic rings. The van der Waals surface area contributed by atoms with Crippen molar-refractivity contribution < 1.29 is 42.1 Å². The lowest BCUT2D eigenvalue weighted by Crippen LogP contribution is -2.37. The van der Waals surface area contributed by atoms with Gasteiger partial charge in [0.25, 0.3) is 0 Å². The Labute approximate surface area is 300 Å². The summed E-state index contributed by atoms with van der Waals surface area (Å²) in [7, 11) is 1.47. The molecular weight excluding hydrogens is 641 g/mol. The predicted octanol–water partition coefficient (Wildman–Crippen LogP) is 10.4. The summed E-state index contributed by atoms with van der Waals surface area (Å²) in [4.78, 5) is 35.2. The Kier molecular flexibility index (Phi) is 31.4. The van der Waals surface area contributed by atoms with E-state index < -0.39 is 26.5 Å². The van der Waals surface area contributed by atoms with Crippen LogP contribution in [-0.4, -0.2) is 74.9 Å². The molecule has 1 N–H and O–H groups in total. The number of carbonyl (C=O) groups is 2. The van der Waals surface area contributed by atoms with E-state index in [1.165, 1.54) is 57.8 Å². The molecule has 0 aromatic heterocycles. The summed E-state index contributed by atoms with van der Waals surface area (Å²) >= 11 is 0. The van der Waals surface area contributed by atoms with Crippen LogP contribution in [-0.2, 0) is 32.7 Å². The molecule has 0 aliphatic carbocycles. The fourth-order valence-electron chi connectivity index (χ4n) is 5.06. The van der Waals surface area contributed by atoms with E-state index in [1.807, 2.05) is 21.1 Å². The number of phosphoric ester groups is 1. The normalized spacial score (nSPS) is 14.0. The molecule has 0 aliphatic heterocycles. The smallest absolute Gasteiger partial charge is 0.462 e. The molecule has 0 saturated heterocycles. The summed E-state index contributed by atoms with van der Waals surface area (Å²) in [5, 5.41) is 0. The summed E-state index contributed by atoms with van der Waals surface area (Å²) in [6.07, 6.45) is 32.2. The Hall–Kier alpha value is -1.51. The number of hydrogen-bond donors (Lipinski definition) is 1. The largest absolute Gasteiger partial charge is 0.472 e. The summed E-state index contributed by atoms with van der Waals surface area (Å²) in [5.41, 5.74) is 0. The maximum absolute atomic E-state index is 12.6. The van der Waals surface area contributed by atoms with E-state index in [2.05, 4.69) is 38.2 Å². The van der Waals surface area contributed by atoms with E-state index in [1.54, 1.807) is 0 Å². The van der Waals surface area contributed by atoms with E-state index in [0.29, 0.717) is 17.4 Å². The van der Waals surface area contributed by atoms with Crippen molar-refractivity contribution in [1.29, 1.82) is 0 Å². The van der Waals surface area contributed by atoms with Crippen LogP contribution in [0, 0.1) is 0 Å². The third-order valence-corrected chi connectivity index (χ3v) is 9.19. The molecule has 0 aromatic rings. The standard InChI is InChI=1S/C39H74NO8P/c1-6-8-10-12-14-16-18-20-22-24-26-28-30-32-39(42)48-37(36-47-49(43,44)46-34-33-40(3,4)5)35-45-38(41)31-29-27-25-23-21-19-17-15-13-11-9-7-2/h15-18,37H,6-14,19-36H2,1-5H3/p+1/b17-15+,18-16+/t37-/m1/s1. The maximum Gasteiger partial charge on any atom is 0.472 e. The second-order valence-electron chi connectivity index (χ2n) is 14.3. The molecule has 2 atom stereocenters. The van der Waals surface area contributed by atoms with Gasteiger partial charge in [-0.15, -0.1) is 0 Å². The van der Waals surface area contributed by atoms with Crippen LogP contribution in [0.4, 0.5) is 0 Å². The number of hydrogen-bond acceptors (Lipinski definition) is 7. The molecule has 49 heavy (non-hydrogen) atoms.